The Morgan fingerprint density at radius 3 is 2.93 bits per heavy atom. The molecule has 15 heavy (non-hydrogen) atoms. The van der Waals surface area contributed by atoms with Gasteiger partial charge in [-0.05, 0) is 41.1 Å². The quantitative estimate of drug-likeness (QED) is 0.920. The van der Waals surface area contributed by atoms with E-state index in [1.165, 1.54) is 14.2 Å². The maximum absolute atomic E-state index is 5.05. The van der Waals surface area contributed by atoms with Crippen molar-refractivity contribution >= 4 is 27.3 Å². The predicted molar refractivity (Wildman–Crippen MR) is 66.0 cm³/mol. The molecule has 0 saturated heterocycles. The molecule has 0 bridgehead atoms. The summed E-state index contributed by atoms with van der Waals surface area (Å²) in [6.07, 6.45) is 3.48. The van der Waals surface area contributed by atoms with Crippen LogP contribution >= 0.6 is 27.3 Å². The van der Waals surface area contributed by atoms with Crippen molar-refractivity contribution in [3.63, 3.8) is 0 Å². The Morgan fingerprint density at radius 2 is 2.33 bits per heavy atom. The topological polar surface area (TPSA) is 25.2 Å². The highest BCUT2D eigenvalue weighted by Crippen LogP contribution is 2.22. The molecule has 0 spiro atoms. The normalized spacial score (nSPS) is 12.9. The van der Waals surface area contributed by atoms with Gasteiger partial charge in [-0.2, -0.15) is 0 Å². The highest BCUT2D eigenvalue weighted by Gasteiger charge is 2.06. The molecule has 2 nitrogen and oxygen atoms in total. The van der Waals surface area contributed by atoms with Gasteiger partial charge in [0.2, 0.25) is 0 Å². The fourth-order valence-corrected chi connectivity index (χ4v) is 2.77. The van der Waals surface area contributed by atoms with Gasteiger partial charge in [0, 0.05) is 23.0 Å². The Kier molecular flexibility index (Phi) is 3.61. The summed E-state index contributed by atoms with van der Waals surface area (Å²) in [6.45, 7) is 3.02. The molecule has 0 amide bonds. The molecule has 80 valence electrons. The van der Waals surface area contributed by atoms with Gasteiger partial charge < -0.3 is 9.73 Å². The van der Waals surface area contributed by atoms with E-state index in [9.17, 15) is 0 Å². The molecule has 1 unspecified atom stereocenters. The molecule has 0 aliphatic carbocycles. The zero-order valence-corrected chi connectivity index (χ0v) is 10.8. The van der Waals surface area contributed by atoms with E-state index in [0.29, 0.717) is 6.04 Å². The first-order valence-corrected chi connectivity index (χ1v) is 6.36. The van der Waals surface area contributed by atoms with Gasteiger partial charge in [-0.15, -0.1) is 11.3 Å². The van der Waals surface area contributed by atoms with Crippen LogP contribution in [0.3, 0.4) is 0 Å². The van der Waals surface area contributed by atoms with Crippen LogP contribution in [0.4, 0.5) is 0 Å². The molecule has 0 aromatic carbocycles. The molecule has 4 heteroatoms. The van der Waals surface area contributed by atoms with Crippen molar-refractivity contribution in [3.05, 3.63) is 45.0 Å². The summed E-state index contributed by atoms with van der Waals surface area (Å²) in [5.74, 6) is 0. The lowest BCUT2D eigenvalue weighted by atomic mass is 10.2. The minimum absolute atomic E-state index is 0.324. The van der Waals surface area contributed by atoms with E-state index in [1.807, 2.05) is 6.07 Å². The number of hydrogen-bond donors (Lipinski definition) is 1. The molecule has 0 radical (unpaired) electrons. The number of halogens is 1. The van der Waals surface area contributed by atoms with E-state index in [2.05, 4.69) is 40.3 Å². The van der Waals surface area contributed by atoms with Gasteiger partial charge >= 0.3 is 0 Å². The third-order valence-electron chi connectivity index (χ3n) is 2.25. The summed E-state index contributed by atoms with van der Waals surface area (Å²) >= 11 is 5.21. The molecule has 0 aliphatic rings. The summed E-state index contributed by atoms with van der Waals surface area (Å²) < 4.78 is 6.22. The van der Waals surface area contributed by atoms with E-state index in [4.69, 9.17) is 4.42 Å². The highest BCUT2D eigenvalue weighted by atomic mass is 79.9. The Hall–Kier alpha value is -0.580. The van der Waals surface area contributed by atoms with Crippen LogP contribution in [0.2, 0.25) is 0 Å². The van der Waals surface area contributed by atoms with Gasteiger partial charge in [0.05, 0.1) is 16.3 Å². The van der Waals surface area contributed by atoms with Crippen LogP contribution in [-0.4, -0.2) is 0 Å². The minimum atomic E-state index is 0.324. The summed E-state index contributed by atoms with van der Waals surface area (Å²) in [5.41, 5.74) is 1.19. The first kappa shape index (κ1) is 10.9. The van der Waals surface area contributed by atoms with Gasteiger partial charge in [0.15, 0.2) is 0 Å². The second-order valence-electron chi connectivity index (χ2n) is 3.37. The summed E-state index contributed by atoms with van der Waals surface area (Å²) in [7, 11) is 0. The molecule has 2 heterocycles. The lowest BCUT2D eigenvalue weighted by molar-refractivity contribution is 0.540. The average molecular weight is 286 g/mol. The molecule has 0 aliphatic heterocycles. The Bertz CT molecular complexity index is 410. The first-order chi connectivity index (χ1) is 7.25. The van der Waals surface area contributed by atoms with E-state index in [-0.39, 0.29) is 0 Å². The minimum Gasteiger partial charge on any atom is -0.472 e. The summed E-state index contributed by atoms with van der Waals surface area (Å²) in [6, 6.07) is 6.51. The third-order valence-corrected chi connectivity index (χ3v) is 3.88. The number of rotatable bonds is 4. The van der Waals surface area contributed by atoms with Crippen LogP contribution in [0.25, 0.3) is 0 Å². The molecule has 1 N–H and O–H groups in total. The molecule has 2 aromatic heterocycles. The van der Waals surface area contributed by atoms with Crippen molar-refractivity contribution in [2.24, 2.45) is 0 Å². The van der Waals surface area contributed by atoms with Gasteiger partial charge in [-0.3, -0.25) is 0 Å². The van der Waals surface area contributed by atoms with E-state index < -0.39 is 0 Å². The number of hydrogen-bond acceptors (Lipinski definition) is 3. The van der Waals surface area contributed by atoms with Crippen LogP contribution in [0.15, 0.2) is 38.9 Å². The van der Waals surface area contributed by atoms with Gasteiger partial charge in [0.25, 0.3) is 0 Å². The average Bonchev–Trinajstić information content (AvgIpc) is 2.84. The lowest BCUT2D eigenvalue weighted by Gasteiger charge is -2.10. The molecule has 2 aromatic rings. The van der Waals surface area contributed by atoms with Crippen LogP contribution < -0.4 is 5.32 Å². The van der Waals surface area contributed by atoms with Crippen LogP contribution in [-0.2, 0) is 6.54 Å². The Morgan fingerprint density at radius 1 is 1.47 bits per heavy atom. The lowest BCUT2D eigenvalue weighted by Crippen LogP contribution is -2.16. The summed E-state index contributed by atoms with van der Waals surface area (Å²) in [5, 5.41) is 3.44. The van der Waals surface area contributed by atoms with Crippen molar-refractivity contribution in [2.45, 2.75) is 19.5 Å². The number of furan rings is 1. The second-order valence-corrected chi connectivity index (χ2v) is 5.91. The van der Waals surface area contributed by atoms with Crippen molar-refractivity contribution in [3.8, 4) is 0 Å². The summed E-state index contributed by atoms with van der Waals surface area (Å²) in [4.78, 5) is 1.33. The largest absolute Gasteiger partial charge is 0.472 e. The maximum atomic E-state index is 5.05. The van der Waals surface area contributed by atoms with Crippen LogP contribution in [0, 0.1) is 0 Å². The second kappa shape index (κ2) is 4.96. The molecular formula is C11H12BrNOS. The van der Waals surface area contributed by atoms with E-state index in [1.54, 1.807) is 23.9 Å². The van der Waals surface area contributed by atoms with Gasteiger partial charge in [-0.1, -0.05) is 0 Å². The zero-order chi connectivity index (χ0) is 10.7. The fourth-order valence-electron chi connectivity index (χ4n) is 1.34. The smallest absolute Gasteiger partial charge is 0.0950 e. The Labute approximate surface area is 101 Å². The first-order valence-electron chi connectivity index (χ1n) is 4.75. The molecular weight excluding hydrogens is 274 g/mol. The zero-order valence-electron chi connectivity index (χ0n) is 8.37. The molecule has 0 saturated carbocycles. The monoisotopic (exact) mass is 285 g/mol. The van der Waals surface area contributed by atoms with Crippen LogP contribution in [0.5, 0.6) is 0 Å². The van der Waals surface area contributed by atoms with Gasteiger partial charge in [0.1, 0.15) is 0 Å². The highest BCUT2D eigenvalue weighted by molar-refractivity contribution is 9.11. The number of thiophene rings is 1. The maximum Gasteiger partial charge on any atom is 0.0950 e. The Balaban J connectivity index is 1.88. The van der Waals surface area contributed by atoms with Crippen molar-refractivity contribution in [1.29, 1.82) is 0 Å². The van der Waals surface area contributed by atoms with E-state index in [0.717, 1.165) is 6.54 Å². The fraction of sp³-hybridized carbons (Fsp3) is 0.273. The number of nitrogens with one attached hydrogen (secondary N) is 1. The van der Waals surface area contributed by atoms with Crippen LogP contribution in [0.1, 0.15) is 23.4 Å². The molecule has 0 fully saturated rings. The third kappa shape index (κ3) is 2.93. The van der Waals surface area contributed by atoms with E-state index >= 15 is 0 Å². The predicted octanol–water partition coefficient (Wildman–Crippen LogP) is 3.95. The molecule has 2 rings (SSSR count). The van der Waals surface area contributed by atoms with Crippen molar-refractivity contribution in [2.75, 3.05) is 0 Å². The SMILES string of the molecule is CC(NCc1ccc(Br)s1)c1ccoc1. The van der Waals surface area contributed by atoms with Crippen molar-refractivity contribution in [1.82, 2.24) is 5.32 Å². The van der Waals surface area contributed by atoms with Crippen molar-refractivity contribution < 1.29 is 4.42 Å². The molecule has 1 atom stereocenters. The van der Waals surface area contributed by atoms with Gasteiger partial charge in [-0.25, -0.2) is 0 Å². The standard InChI is InChI=1S/C11H12BrNOS/c1-8(9-4-5-14-7-9)13-6-10-2-3-11(12)15-10/h2-5,7-8,13H,6H2,1H3.